The van der Waals surface area contributed by atoms with Gasteiger partial charge in [0.05, 0.1) is 23.0 Å². The van der Waals surface area contributed by atoms with Crippen molar-refractivity contribution in [2.45, 2.75) is 45.2 Å². The first-order chi connectivity index (χ1) is 8.88. The summed E-state index contributed by atoms with van der Waals surface area (Å²) in [4.78, 5) is 2.27. The van der Waals surface area contributed by atoms with Crippen molar-refractivity contribution in [1.29, 1.82) is 0 Å². The van der Waals surface area contributed by atoms with Crippen LogP contribution in [0.3, 0.4) is 0 Å². The third kappa shape index (κ3) is 3.30. The SMILES string of the molecule is CCCNC(c1c(Cl)cnn1C)C(C)(CC)N(C)C. The number of rotatable bonds is 7. The maximum absolute atomic E-state index is 6.34. The summed E-state index contributed by atoms with van der Waals surface area (Å²) in [5.74, 6) is 0. The zero-order chi connectivity index (χ0) is 14.6. The van der Waals surface area contributed by atoms with Gasteiger partial charge in [-0.05, 0) is 40.4 Å². The van der Waals surface area contributed by atoms with E-state index in [1.165, 1.54) is 0 Å². The van der Waals surface area contributed by atoms with Crippen molar-refractivity contribution in [1.82, 2.24) is 20.0 Å². The molecule has 0 amide bonds. The fourth-order valence-electron chi connectivity index (χ4n) is 2.42. The molecule has 1 aromatic rings. The average Bonchev–Trinajstić information content (AvgIpc) is 2.70. The Morgan fingerprint density at radius 3 is 2.47 bits per heavy atom. The first-order valence-corrected chi connectivity index (χ1v) is 7.34. The molecule has 5 heteroatoms. The second-order valence-electron chi connectivity index (χ2n) is 5.49. The molecule has 0 radical (unpaired) electrons. The molecule has 2 unspecified atom stereocenters. The lowest BCUT2D eigenvalue weighted by Gasteiger charge is -2.43. The molecule has 1 rings (SSSR count). The van der Waals surface area contributed by atoms with Crippen LogP contribution in [0.1, 0.15) is 45.3 Å². The third-order valence-electron chi connectivity index (χ3n) is 4.17. The molecule has 2 atom stereocenters. The number of hydrogen-bond donors (Lipinski definition) is 1. The second kappa shape index (κ2) is 6.73. The van der Waals surface area contributed by atoms with E-state index in [0.29, 0.717) is 0 Å². The average molecular weight is 287 g/mol. The van der Waals surface area contributed by atoms with Crippen molar-refractivity contribution in [3.63, 3.8) is 0 Å². The quantitative estimate of drug-likeness (QED) is 0.837. The van der Waals surface area contributed by atoms with Crippen molar-refractivity contribution in [3.8, 4) is 0 Å². The van der Waals surface area contributed by atoms with Gasteiger partial charge in [0.25, 0.3) is 0 Å². The van der Waals surface area contributed by atoms with Crippen molar-refractivity contribution in [3.05, 3.63) is 16.9 Å². The van der Waals surface area contributed by atoms with Gasteiger partial charge in [0.15, 0.2) is 0 Å². The molecule has 0 aromatic carbocycles. The van der Waals surface area contributed by atoms with Gasteiger partial charge in [0.2, 0.25) is 0 Å². The molecule has 0 fully saturated rings. The Hall–Kier alpha value is -0.580. The normalized spacial score (nSPS) is 16.6. The smallest absolute Gasteiger partial charge is 0.0834 e. The highest BCUT2D eigenvalue weighted by molar-refractivity contribution is 6.31. The number of nitrogens with zero attached hydrogens (tertiary/aromatic N) is 3. The van der Waals surface area contributed by atoms with Gasteiger partial charge in [-0.2, -0.15) is 5.10 Å². The second-order valence-corrected chi connectivity index (χ2v) is 5.90. The molecule has 4 nitrogen and oxygen atoms in total. The van der Waals surface area contributed by atoms with Crippen LogP contribution in [0.25, 0.3) is 0 Å². The number of likely N-dealkylation sites (N-methyl/N-ethyl adjacent to an activating group) is 1. The van der Waals surface area contributed by atoms with E-state index in [4.69, 9.17) is 11.6 Å². The third-order valence-corrected chi connectivity index (χ3v) is 4.46. The van der Waals surface area contributed by atoms with Gasteiger partial charge in [0.1, 0.15) is 0 Å². The first kappa shape index (κ1) is 16.5. The maximum atomic E-state index is 6.34. The van der Waals surface area contributed by atoms with Crippen LogP contribution in [0.2, 0.25) is 5.02 Å². The number of halogens is 1. The molecule has 0 saturated heterocycles. The molecular weight excluding hydrogens is 260 g/mol. The van der Waals surface area contributed by atoms with Crippen molar-refractivity contribution >= 4 is 11.6 Å². The fraction of sp³-hybridized carbons (Fsp3) is 0.786. The zero-order valence-electron chi connectivity index (χ0n) is 13.0. The summed E-state index contributed by atoms with van der Waals surface area (Å²) in [5.41, 5.74) is 1.06. The highest BCUT2D eigenvalue weighted by Gasteiger charge is 2.38. The molecule has 1 aromatic heterocycles. The van der Waals surface area contributed by atoms with Crippen LogP contribution in [-0.4, -0.2) is 40.9 Å². The number of aryl methyl sites for hydroxylation is 1. The van der Waals surface area contributed by atoms with E-state index in [0.717, 1.165) is 30.1 Å². The minimum atomic E-state index is -0.00734. The van der Waals surface area contributed by atoms with E-state index in [2.05, 4.69) is 50.2 Å². The standard InChI is InChI=1S/C14H27ClN4/c1-7-9-16-13(14(3,8-2)18(4)5)12-11(15)10-17-19(12)6/h10,13,16H,7-9H2,1-6H3. The lowest BCUT2D eigenvalue weighted by atomic mass is 9.85. The maximum Gasteiger partial charge on any atom is 0.0834 e. The highest BCUT2D eigenvalue weighted by atomic mass is 35.5. The van der Waals surface area contributed by atoms with Gasteiger partial charge in [0, 0.05) is 12.6 Å². The van der Waals surface area contributed by atoms with Crippen LogP contribution >= 0.6 is 11.6 Å². The molecule has 110 valence electrons. The molecule has 0 aliphatic heterocycles. The number of aromatic nitrogens is 2. The van der Waals surface area contributed by atoms with Crippen LogP contribution in [-0.2, 0) is 7.05 Å². The molecular formula is C14H27ClN4. The van der Waals surface area contributed by atoms with Crippen molar-refractivity contribution < 1.29 is 0 Å². The minimum Gasteiger partial charge on any atom is -0.307 e. The van der Waals surface area contributed by atoms with Crippen LogP contribution in [0.5, 0.6) is 0 Å². The van der Waals surface area contributed by atoms with Crippen LogP contribution < -0.4 is 5.32 Å². The zero-order valence-corrected chi connectivity index (χ0v) is 13.8. The molecule has 0 aliphatic rings. The van der Waals surface area contributed by atoms with E-state index >= 15 is 0 Å². The topological polar surface area (TPSA) is 33.1 Å². The van der Waals surface area contributed by atoms with Gasteiger partial charge in [-0.3, -0.25) is 4.68 Å². The van der Waals surface area contributed by atoms with Crippen molar-refractivity contribution in [2.24, 2.45) is 7.05 Å². The van der Waals surface area contributed by atoms with Gasteiger partial charge in [-0.1, -0.05) is 25.4 Å². The fourth-order valence-corrected chi connectivity index (χ4v) is 2.70. The Kier molecular flexibility index (Phi) is 5.83. The predicted molar refractivity (Wildman–Crippen MR) is 81.6 cm³/mol. The van der Waals surface area contributed by atoms with E-state index < -0.39 is 0 Å². The van der Waals surface area contributed by atoms with Crippen LogP contribution in [0.15, 0.2) is 6.20 Å². The van der Waals surface area contributed by atoms with Gasteiger partial charge >= 0.3 is 0 Å². The first-order valence-electron chi connectivity index (χ1n) is 6.96. The van der Waals surface area contributed by atoms with Gasteiger partial charge < -0.3 is 10.2 Å². The largest absolute Gasteiger partial charge is 0.307 e. The van der Waals surface area contributed by atoms with Crippen molar-refractivity contribution in [2.75, 3.05) is 20.6 Å². The Morgan fingerprint density at radius 2 is 2.11 bits per heavy atom. The summed E-state index contributed by atoms with van der Waals surface area (Å²) >= 11 is 6.34. The summed E-state index contributed by atoms with van der Waals surface area (Å²) in [5, 5.41) is 8.65. The molecule has 0 spiro atoms. The van der Waals surface area contributed by atoms with Crippen LogP contribution in [0.4, 0.5) is 0 Å². The Labute approximate surface area is 122 Å². The van der Waals surface area contributed by atoms with E-state index in [1.807, 2.05) is 11.7 Å². The number of nitrogens with one attached hydrogen (secondary N) is 1. The molecule has 19 heavy (non-hydrogen) atoms. The lowest BCUT2D eigenvalue weighted by Crippen LogP contribution is -2.52. The van der Waals surface area contributed by atoms with Crippen LogP contribution in [0, 0.1) is 0 Å². The Balaban J connectivity index is 3.21. The molecule has 1 N–H and O–H groups in total. The Bertz CT molecular complexity index is 383. The van der Waals surface area contributed by atoms with E-state index in [9.17, 15) is 0 Å². The lowest BCUT2D eigenvalue weighted by molar-refractivity contribution is 0.109. The summed E-state index contributed by atoms with van der Waals surface area (Å²) in [6.45, 7) is 7.62. The number of hydrogen-bond acceptors (Lipinski definition) is 3. The molecule has 0 saturated carbocycles. The summed E-state index contributed by atoms with van der Waals surface area (Å²) in [7, 11) is 6.19. The molecule has 0 aliphatic carbocycles. The van der Waals surface area contributed by atoms with E-state index in [1.54, 1.807) is 6.20 Å². The highest BCUT2D eigenvalue weighted by Crippen LogP contribution is 2.35. The Morgan fingerprint density at radius 1 is 1.47 bits per heavy atom. The monoisotopic (exact) mass is 286 g/mol. The molecule has 1 heterocycles. The van der Waals surface area contributed by atoms with Gasteiger partial charge in [-0.25, -0.2) is 0 Å². The summed E-state index contributed by atoms with van der Waals surface area (Å²) in [6.07, 6.45) is 3.85. The summed E-state index contributed by atoms with van der Waals surface area (Å²) < 4.78 is 1.88. The van der Waals surface area contributed by atoms with E-state index in [-0.39, 0.29) is 11.6 Å². The summed E-state index contributed by atoms with van der Waals surface area (Å²) in [6, 6.07) is 0.160. The minimum absolute atomic E-state index is 0.00734. The predicted octanol–water partition coefficient (Wildman–Crippen LogP) is 2.84. The molecule has 0 bridgehead atoms. The van der Waals surface area contributed by atoms with Gasteiger partial charge in [-0.15, -0.1) is 0 Å².